The smallest absolute Gasteiger partial charge is 0.220 e. The van der Waals surface area contributed by atoms with E-state index in [0.717, 1.165) is 57.8 Å². The molecule has 0 aromatic heterocycles. The molecule has 0 radical (unpaired) electrons. The van der Waals surface area contributed by atoms with Crippen molar-refractivity contribution in [3.63, 3.8) is 0 Å². The first-order valence-corrected chi connectivity index (χ1v) is 23.1. The van der Waals surface area contributed by atoms with E-state index in [1.165, 1.54) is 77.0 Å². The van der Waals surface area contributed by atoms with Gasteiger partial charge in [-0.25, -0.2) is 0 Å². The first-order chi connectivity index (χ1) is 28.6. The lowest BCUT2D eigenvalue weighted by Crippen LogP contribution is -2.65. The third-order valence-corrected chi connectivity index (χ3v) is 11.4. The number of aliphatic hydroxyl groups is 8. The summed E-state index contributed by atoms with van der Waals surface area (Å²) in [6.45, 7) is 2.73. The first-order valence-electron chi connectivity index (χ1n) is 23.1. The van der Waals surface area contributed by atoms with Crippen molar-refractivity contribution in [1.82, 2.24) is 5.32 Å². The van der Waals surface area contributed by atoms with Crippen LogP contribution in [0.5, 0.6) is 0 Å². The maximum Gasteiger partial charge on any atom is 0.220 e. The van der Waals surface area contributed by atoms with Crippen molar-refractivity contribution in [2.75, 3.05) is 19.8 Å². The van der Waals surface area contributed by atoms with Crippen LogP contribution in [0.1, 0.15) is 162 Å². The van der Waals surface area contributed by atoms with E-state index in [1.54, 1.807) is 6.08 Å². The molecule has 12 atom stereocenters. The van der Waals surface area contributed by atoms with Gasteiger partial charge in [-0.2, -0.15) is 0 Å². The second kappa shape index (κ2) is 33.1. The van der Waals surface area contributed by atoms with Crippen molar-refractivity contribution >= 4 is 5.91 Å². The molecule has 2 rings (SSSR count). The standard InChI is InChI=1S/C45H83NO13/c1-3-5-7-9-11-13-15-17-19-21-23-25-27-29-37(50)46-33(34(49)28-26-24-22-20-18-16-14-12-10-8-6-4-2)32-56-44-42(55)40(53)43(36(31-48)58-44)59-45-41(54)39(52)38(51)35(30-47)57-45/h13,15,26,28,33-36,38-45,47-49,51-55H,3-12,14,16-25,27,29-32H2,1-2H3,(H,46,50)/b15-13-,28-26+. The molecule has 14 heteroatoms. The molecule has 12 unspecified atom stereocenters. The average molecular weight is 846 g/mol. The number of carbonyl (C=O) groups excluding carboxylic acids is 1. The second-order valence-electron chi connectivity index (χ2n) is 16.5. The topological polar surface area (TPSA) is 228 Å². The van der Waals surface area contributed by atoms with Gasteiger partial charge in [0.1, 0.15) is 48.8 Å². The molecule has 2 aliphatic rings. The summed E-state index contributed by atoms with van der Waals surface area (Å²) in [6.07, 6.45) is 16.5. The third kappa shape index (κ3) is 21.4. The van der Waals surface area contributed by atoms with Gasteiger partial charge in [0.05, 0.1) is 32.0 Å². The van der Waals surface area contributed by atoms with Gasteiger partial charge in [-0.05, 0) is 44.9 Å². The molecule has 2 fully saturated rings. The van der Waals surface area contributed by atoms with Crippen molar-refractivity contribution in [1.29, 1.82) is 0 Å². The van der Waals surface area contributed by atoms with Gasteiger partial charge in [-0.1, -0.05) is 134 Å². The van der Waals surface area contributed by atoms with E-state index in [1.807, 2.05) is 6.08 Å². The predicted molar refractivity (Wildman–Crippen MR) is 226 cm³/mol. The van der Waals surface area contributed by atoms with Gasteiger partial charge in [0.25, 0.3) is 0 Å². The molecule has 0 saturated carbocycles. The minimum Gasteiger partial charge on any atom is -0.394 e. The molecule has 2 aliphatic heterocycles. The maximum atomic E-state index is 13.1. The van der Waals surface area contributed by atoms with E-state index in [4.69, 9.17) is 18.9 Å². The minimum absolute atomic E-state index is 0.252. The lowest BCUT2D eigenvalue weighted by Gasteiger charge is -2.46. The molecule has 346 valence electrons. The Kier molecular flexibility index (Phi) is 30.1. The van der Waals surface area contributed by atoms with Gasteiger partial charge < -0.3 is 65.1 Å². The molecule has 9 N–H and O–H groups in total. The molecular formula is C45H83NO13. The number of ether oxygens (including phenoxy) is 4. The van der Waals surface area contributed by atoms with Crippen LogP contribution in [0.25, 0.3) is 0 Å². The molecule has 0 aromatic rings. The van der Waals surface area contributed by atoms with Gasteiger partial charge in [0.15, 0.2) is 12.6 Å². The average Bonchev–Trinajstić information content (AvgIpc) is 3.23. The van der Waals surface area contributed by atoms with Crippen LogP contribution in [0.3, 0.4) is 0 Å². The zero-order chi connectivity index (χ0) is 43.3. The summed E-state index contributed by atoms with van der Waals surface area (Å²) in [5.41, 5.74) is 0. The molecule has 2 heterocycles. The Morgan fingerprint density at radius 1 is 0.593 bits per heavy atom. The van der Waals surface area contributed by atoms with Crippen LogP contribution in [-0.4, -0.2) is 140 Å². The van der Waals surface area contributed by atoms with E-state index >= 15 is 0 Å². The fourth-order valence-electron chi connectivity index (χ4n) is 7.52. The molecule has 0 aromatic carbocycles. The second-order valence-corrected chi connectivity index (χ2v) is 16.5. The Morgan fingerprint density at radius 3 is 1.63 bits per heavy atom. The first kappa shape index (κ1) is 53.6. The highest BCUT2D eigenvalue weighted by atomic mass is 16.7. The maximum absolute atomic E-state index is 13.1. The van der Waals surface area contributed by atoms with E-state index in [0.29, 0.717) is 6.42 Å². The fraction of sp³-hybridized carbons (Fsp3) is 0.889. The number of allylic oxidation sites excluding steroid dienone is 3. The summed E-state index contributed by atoms with van der Waals surface area (Å²) >= 11 is 0. The number of rotatable bonds is 34. The summed E-state index contributed by atoms with van der Waals surface area (Å²) in [6, 6.07) is -0.913. The fourth-order valence-corrected chi connectivity index (χ4v) is 7.52. The zero-order valence-corrected chi connectivity index (χ0v) is 36.2. The number of amides is 1. The van der Waals surface area contributed by atoms with Crippen molar-refractivity contribution in [3.8, 4) is 0 Å². The normalized spacial score (nSPS) is 28.7. The van der Waals surface area contributed by atoms with Crippen LogP contribution in [0, 0.1) is 0 Å². The van der Waals surface area contributed by atoms with E-state index < -0.39 is 86.8 Å². The van der Waals surface area contributed by atoms with E-state index in [9.17, 15) is 45.6 Å². The van der Waals surface area contributed by atoms with Crippen molar-refractivity contribution in [2.45, 2.75) is 235 Å². The molecular weight excluding hydrogens is 762 g/mol. The van der Waals surface area contributed by atoms with Crippen LogP contribution >= 0.6 is 0 Å². The summed E-state index contributed by atoms with van der Waals surface area (Å²) < 4.78 is 22.6. The molecule has 2 saturated heterocycles. The summed E-state index contributed by atoms with van der Waals surface area (Å²) in [5.74, 6) is -0.252. The van der Waals surface area contributed by atoms with Crippen LogP contribution in [0.4, 0.5) is 0 Å². The van der Waals surface area contributed by atoms with Gasteiger partial charge >= 0.3 is 0 Å². The minimum atomic E-state index is -1.79. The third-order valence-electron chi connectivity index (χ3n) is 11.4. The summed E-state index contributed by atoms with van der Waals surface area (Å²) in [4.78, 5) is 13.1. The number of nitrogens with one attached hydrogen (secondary N) is 1. The number of carbonyl (C=O) groups is 1. The Hall–Kier alpha value is -1.53. The number of hydrogen-bond donors (Lipinski definition) is 9. The van der Waals surface area contributed by atoms with Crippen LogP contribution in [-0.2, 0) is 23.7 Å². The monoisotopic (exact) mass is 846 g/mol. The number of aliphatic hydroxyl groups excluding tert-OH is 8. The van der Waals surface area contributed by atoms with Crippen LogP contribution < -0.4 is 5.32 Å². The van der Waals surface area contributed by atoms with Gasteiger partial charge in [0, 0.05) is 6.42 Å². The van der Waals surface area contributed by atoms with Crippen LogP contribution in [0.2, 0.25) is 0 Å². The van der Waals surface area contributed by atoms with Crippen molar-refractivity contribution in [3.05, 3.63) is 24.3 Å². The number of unbranched alkanes of at least 4 members (excludes halogenated alkanes) is 19. The highest BCUT2D eigenvalue weighted by molar-refractivity contribution is 5.76. The molecule has 0 aliphatic carbocycles. The van der Waals surface area contributed by atoms with Crippen LogP contribution in [0.15, 0.2) is 24.3 Å². The predicted octanol–water partition coefficient (Wildman–Crippen LogP) is 4.60. The quantitative estimate of drug-likeness (QED) is 0.0319. The highest BCUT2D eigenvalue weighted by Gasteiger charge is 2.50. The Morgan fingerprint density at radius 2 is 1.07 bits per heavy atom. The molecule has 0 bridgehead atoms. The van der Waals surface area contributed by atoms with E-state index in [-0.39, 0.29) is 18.9 Å². The van der Waals surface area contributed by atoms with Gasteiger partial charge in [-0.15, -0.1) is 0 Å². The molecule has 1 amide bonds. The number of hydrogen-bond acceptors (Lipinski definition) is 13. The van der Waals surface area contributed by atoms with Gasteiger partial charge in [0.2, 0.25) is 5.91 Å². The lowest BCUT2D eigenvalue weighted by molar-refractivity contribution is -0.359. The van der Waals surface area contributed by atoms with E-state index in [2.05, 4.69) is 31.3 Å². The van der Waals surface area contributed by atoms with Crippen molar-refractivity contribution < 1.29 is 64.6 Å². The Bertz CT molecular complexity index is 1090. The Balaban J connectivity index is 1.91. The highest BCUT2D eigenvalue weighted by Crippen LogP contribution is 2.30. The Labute approximate surface area is 354 Å². The summed E-state index contributed by atoms with van der Waals surface area (Å²) in [5, 5.41) is 86.4. The largest absolute Gasteiger partial charge is 0.394 e. The lowest BCUT2D eigenvalue weighted by atomic mass is 9.97. The summed E-state index contributed by atoms with van der Waals surface area (Å²) in [7, 11) is 0. The van der Waals surface area contributed by atoms with Crippen molar-refractivity contribution in [2.24, 2.45) is 0 Å². The molecule has 0 spiro atoms. The molecule has 14 nitrogen and oxygen atoms in total. The zero-order valence-electron chi connectivity index (χ0n) is 36.2. The van der Waals surface area contributed by atoms with Gasteiger partial charge in [-0.3, -0.25) is 4.79 Å². The SMILES string of the molecule is CCCCCC/C=C\CCCCCCCC(=O)NC(COC1OC(CO)C(OC2OC(CO)C(O)C(O)C2O)C(O)C1O)C(O)/C=C/CCCCCCCCCCCC. The molecule has 59 heavy (non-hydrogen) atoms.